The molecular weight excluding hydrogens is 266 g/mol. The zero-order valence-corrected chi connectivity index (χ0v) is 12.3. The summed E-state index contributed by atoms with van der Waals surface area (Å²) in [5, 5.41) is 4.76. The lowest BCUT2D eigenvalue weighted by Gasteiger charge is -2.47. The first-order chi connectivity index (χ1) is 8.72. The van der Waals surface area contributed by atoms with E-state index >= 15 is 0 Å². The minimum atomic E-state index is 0.652. The molecule has 2 saturated heterocycles. The summed E-state index contributed by atoms with van der Waals surface area (Å²) in [5.74, 6) is 0. The van der Waals surface area contributed by atoms with Gasteiger partial charge in [-0.05, 0) is 32.7 Å². The van der Waals surface area contributed by atoms with Gasteiger partial charge in [-0.3, -0.25) is 0 Å². The van der Waals surface area contributed by atoms with Gasteiger partial charge >= 0.3 is 0 Å². The Bertz CT molecular complexity index is 395. The topological polar surface area (TPSA) is 28.2 Å². The smallest absolute Gasteiger partial charge is 0.113 e. The SMILES string of the molecule is CN1C2CCCC1CC(NCc1ncc(Cl)s1)C2. The van der Waals surface area contributed by atoms with E-state index in [9.17, 15) is 0 Å². The van der Waals surface area contributed by atoms with Crippen LogP contribution in [0.1, 0.15) is 37.1 Å². The quantitative estimate of drug-likeness (QED) is 0.926. The highest BCUT2D eigenvalue weighted by atomic mass is 35.5. The average Bonchev–Trinajstić information content (AvgIpc) is 2.73. The Morgan fingerprint density at radius 3 is 2.78 bits per heavy atom. The van der Waals surface area contributed by atoms with Gasteiger partial charge in [0.05, 0.1) is 6.20 Å². The van der Waals surface area contributed by atoms with Gasteiger partial charge in [-0.2, -0.15) is 0 Å². The van der Waals surface area contributed by atoms with Crippen LogP contribution in [0.25, 0.3) is 0 Å². The number of nitrogens with zero attached hydrogens (tertiary/aromatic N) is 2. The number of thiazole rings is 1. The third kappa shape index (κ3) is 2.72. The summed E-state index contributed by atoms with van der Waals surface area (Å²) in [6.07, 6.45) is 8.46. The Labute approximate surface area is 118 Å². The summed E-state index contributed by atoms with van der Waals surface area (Å²) < 4.78 is 0.784. The molecule has 0 radical (unpaired) electrons. The molecule has 2 aliphatic heterocycles. The van der Waals surface area contributed by atoms with Gasteiger partial charge in [0.1, 0.15) is 9.34 Å². The van der Waals surface area contributed by atoms with Crippen LogP contribution in [0.3, 0.4) is 0 Å². The molecule has 3 heterocycles. The van der Waals surface area contributed by atoms with Gasteiger partial charge in [-0.1, -0.05) is 18.0 Å². The van der Waals surface area contributed by atoms with E-state index in [1.807, 2.05) is 0 Å². The highest BCUT2D eigenvalue weighted by molar-refractivity contribution is 7.15. The summed E-state index contributed by atoms with van der Waals surface area (Å²) >= 11 is 7.48. The van der Waals surface area contributed by atoms with Crippen molar-refractivity contribution in [2.24, 2.45) is 0 Å². The lowest BCUT2D eigenvalue weighted by molar-refractivity contribution is 0.0482. The summed E-state index contributed by atoms with van der Waals surface area (Å²) in [4.78, 5) is 6.90. The predicted molar refractivity (Wildman–Crippen MR) is 76.2 cm³/mol. The van der Waals surface area contributed by atoms with Crippen LogP contribution in [0.4, 0.5) is 0 Å². The van der Waals surface area contributed by atoms with E-state index in [-0.39, 0.29) is 0 Å². The van der Waals surface area contributed by atoms with Crippen LogP contribution in [0, 0.1) is 0 Å². The van der Waals surface area contributed by atoms with Gasteiger partial charge < -0.3 is 10.2 Å². The van der Waals surface area contributed by atoms with Gasteiger partial charge in [0.2, 0.25) is 0 Å². The van der Waals surface area contributed by atoms with E-state index in [1.165, 1.54) is 32.1 Å². The van der Waals surface area contributed by atoms with Gasteiger partial charge in [-0.25, -0.2) is 4.98 Å². The van der Waals surface area contributed by atoms with Crippen molar-refractivity contribution in [1.82, 2.24) is 15.2 Å². The molecule has 1 aromatic heterocycles. The Kier molecular flexibility index (Phi) is 3.89. The molecule has 3 rings (SSSR count). The monoisotopic (exact) mass is 285 g/mol. The first-order valence-electron chi connectivity index (χ1n) is 6.78. The maximum Gasteiger partial charge on any atom is 0.113 e. The number of fused-ring (bicyclic) bond motifs is 2. The largest absolute Gasteiger partial charge is 0.308 e. The molecule has 0 aromatic carbocycles. The van der Waals surface area contributed by atoms with E-state index in [2.05, 4.69) is 22.2 Å². The van der Waals surface area contributed by atoms with Crippen molar-refractivity contribution in [3.63, 3.8) is 0 Å². The van der Waals surface area contributed by atoms with E-state index in [1.54, 1.807) is 17.5 Å². The second-order valence-corrected chi connectivity index (χ2v) is 7.26. The first-order valence-corrected chi connectivity index (χ1v) is 7.97. The Balaban J connectivity index is 1.55. The second-order valence-electron chi connectivity index (χ2n) is 5.51. The predicted octanol–water partition coefficient (Wildman–Crippen LogP) is 2.90. The molecule has 1 N–H and O–H groups in total. The van der Waals surface area contributed by atoms with Crippen LogP contribution < -0.4 is 5.32 Å². The molecule has 0 aliphatic carbocycles. The number of nitrogens with one attached hydrogen (secondary N) is 1. The van der Waals surface area contributed by atoms with Crippen LogP contribution in [0.2, 0.25) is 4.34 Å². The molecule has 2 bridgehead atoms. The van der Waals surface area contributed by atoms with E-state index in [4.69, 9.17) is 11.6 Å². The third-order valence-corrected chi connectivity index (χ3v) is 5.52. The molecule has 18 heavy (non-hydrogen) atoms. The minimum absolute atomic E-state index is 0.652. The van der Waals surface area contributed by atoms with Gasteiger partial charge in [0.25, 0.3) is 0 Å². The van der Waals surface area contributed by atoms with Crippen LogP contribution in [-0.4, -0.2) is 35.1 Å². The van der Waals surface area contributed by atoms with Gasteiger partial charge in [-0.15, -0.1) is 11.3 Å². The van der Waals surface area contributed by atoms with Gasteiger partial charge in [0, 0.05) is 24.7 Å². The molecule has 100 valence electrons. The van der Waals surface area contributed by atoms with Crippen LogP contribution >= 0.6 is 22.9 Å². The fraction of sp³-hybridized carbons (Fsp3) is 0.769. The van der Waals surface area contributed by atoms with E-state index < -0.39 is 0 Å². The number of hydrogen-bond donors (Lipinski definition) is 1. The van der Waals surface area contributed by atoms with Crippen molar-refractivity contribution in [2.75, 3.05) is 7.05 Å². The fourth-order valence-corrected chi connectivity index (χ4v) is 4.29. The lowest BCUT2D eigenvalue weighted by atomic mass is 9.82. The van der Waals surface area contributed by atoms with E-state index in [0.29, 0.717) is 6.04 Å². The molecule has 1 aromatic rings. The van der Waals surface area contributed by atoms with E-state index in [0.717, 1.165) is 28.0 Å². The van der Waals surface area contributed by atoms with Crippen LogP contribution in [0.5, 0.6) is 0 Å². The van der Waals surface area contributed by atoms with Gasteiger partial charge in [0.15, 0.2) is 0 Å². The highest BCUT2D eigenvalue weighted by Gasteiger charge is 2.35. The average molecular weight is 286 g/mol. The fourth-order valence-electron chi connectivity index (χ4n) is 3.38. The molecule has 2 atom stereocenters. The lowest BCUT2D eigenvalue weighted by Crippen LogP contribution is -2.54. The van der Waals surface area contributed by atoms with Crippen molar-refractivity contribution in [3.05, 3.63) is 15.5 Å². The maximum atomic E-state index is 5.90. The Morgan fingerprint density at radius 1 is 1.44 bits per heavy atom. The Hall–Kier alpha value is -0.160. The number of rotatable bonds is 3. The van der Waals surface area contributed by atoms with Crippen molar-refractivity contribution in [2.45, 2.75) is 56.8 Å². The summed E-state index contributed by atoms with van der Waals surface area (Å²) in [5.41, 5.74) is 0. The number of hydrogen-bond acceptors (Lipinski definition) is 4. The number of piperidine rings is 2. The Morgan fingerprint density at radius 2 is 2.17 bits per heavy atom. The zero-order valence-electron chi connectivity index (χ0n) is 10.7. The molecular formula is C13H20ClN3S. The van der Waals surface area contributed by atoms with Crippen molar-refractivity contribution >= 4 is 22.9 Å². The summed E-state index contributed by atoms with van der Waals surface area (Å²) in [7, 11) is 2.30. The molecule has 2 aliphatic rings. The molecule has 2 fully saturated rings. The summed E-state index contributed by atoms with van der Waals surface area (Å²) in [6, 6.07) is 2.23. The minimum Gasteiger partial charge on any atom is -0.308 e. The molecule has 3 nitrogen and oxygen atoms in total. The highest BCUT2D eigenvalue weighted by Crippen LogP contribution is 2.32. The molecule has 0 spiro atoms. The molecule has 0 saturated carbocycles. The zero-order chi connectivity index (χ0) is 12.5. The number of halogens is 1. The molecule has 0 amide bonds. The van der Waals surface area contributed by atoms with Crippen LogP contribution in [0.15, 0.2) is 6.20 Å². The van der Waals surface area contributed by atoms with Crippen molar-refractivity contribution in [1.29, 1.82) is 0 Å². The normalized spacial score (nSPS) is 32.7. The van der Waals surface area contributed by atoms with Crippen LogP contribution in [-0.2, 0) is 6.54 Å². The second kappa shape index (κ2) is 5.45. The number of aromatic nitrogens is 1. The third-order valence-electron chi connectivity index (χ3n) is 4.41. The standard InChI is InChI=1S/C13H20ClN3S/c1-17-10-3-2-4-11(17)6-9(5-10)15-8-13-16-7-12(14)18-13/h7,9-11,15H,2-6,8H2,1H3. The molecule has 5 heteroatoms. The maximum absolute atomic E-state index is 5.90. The van der Waals surface area contributed by atoms with Crippen molar-refractivity contribution < 1.29 is 0 Å². The van der Waals surface area contributed by atoms with Crippen molar-refractivity contribution in [3.8, 4) is 0 Å². The first kappa shape index (κ1) is 12.9. The molecule has 2 unspecified atom stereocenters. The summed E-state index contributed by atoms with van der Waals surface area (Å²) in [6.45, 7) is 0.866.